The minimum Gasteiger partial charge on any atom is -0.441 e. The molecule has 0 aliphatic carbocycles. The Bertz CT molecular complexity index is 659. The molecule has 0 N–H and O–H groups in total. The van der Waals surface area contributed by atoms with Crippen LogP contribution in [0.4, 0.5) is 0 Å². The summed E-state index contributed by atoms with van der Waals surface area (Å²) < 4.78 is 28.1. The van der Waals surface area contributed by atoms with E-state index in [4.69, 9.17) is 16.0 Å². The number of oxazole rings is 1. The lowest BCUT2D eigenvalue weighted by molar-refractivity contribution is 0.540. The number of benzene rings is 1. The van der Waals surface area contributed by atoms with Crippen molar-refractivity contribution in [2.24, 2.45) is 0 Å². The van der Waals surface area contributed by atoms with Crippen molar-refractivity contribution in [3.8, 4) is 11.5 Å². The molecule has 0 atom stereocenters. The summed E-state index contributed by atoms with van der Waals surface area (Å²) >= 11 is 5.72. The third kappa shape index (κ3) is 2.57. The lowest BCUT2D eigenvalue weighted by Crippen LogP contribution is -1.96. The number of rotatable bonds is 3. The van der Waals surface area contributed by atoms with Gasteiger partial charge in [-0.05, 0) is 31.2 Å². The highest BCUT2D eigenvalue weighted by atomic mass is 35.5. The topological polar surface area (TPSA) is 60.2 Å². The van der Waals surface area contributed by atoms with Gasteiger partial charge in [0.1, 0.15) is 5.76 Å². The van der Waals surface area contributed by atoms with Crippen LogP contribution >= 0.6 is 11.6 Å². The average Bonchev–Trinajstić information content (AvgIpc) is 2.69. The number of alkyl halides is 1. The van der Waals surface area contributed by atoms with E-state index in [9.17, 15) is 8.42 Å². The number of nitrogens with zero attached hydrogens (tertiary/aromatic N) is 1. The van der Waals surface area contributed by atoms with Crippen LogP contribution in [0, 0.1) is 6.92 Å². The van der Waals surface area contributed by atoms with Gasteiger partial charge in [0.15, 0.2) is 9.84 Å². The maximum Gasteiger partial charge on any atom is 0.226 e. The normalized spacial score (nSPS) is 11.7. The summed E-state index contributed by atoms with van der Waals surface area (Å²) in [6, 6.07) is 6.40. The Balaban J connectivity index is 2.40. The zero-order valence-corrected chi connectivity index (χ0v) is 11.5. The molecule has 96 valence electrons. The standard InChI is InChI=1S/C12H12ClNO3S/c1-8-11(7-13)14-12(17-8)9-3-5-10(6-4-9)18(2,15)16/h3-6H,7H2,1-2H3. The van der Waals surface area contributed by atoms with Gasteiger partial charge in [0.25, 0.3) is 0 Å². The largest absolute Gasteiger partial charge is 0.441 e. The van der Waals surface area contributed by atoms with Crippen LogP contribution in [0.25, 0.3) is 11.5 Å². The molecule has 0 amide bonds. The third-order valence-corrected chi connectivity index (χ3v) is 3.93. The van der Waals surface area contributed by atoms with Gasteiger partial charge in [-0.25, -0.2) is 13.4 Å². The van der Waals surface area contributed by atoms with Gasteiger partial charge in [-0.1, -0.05) is 0 Å². The minimum absolute atomic E-state index is 0.270. The molecule has 1 aromatic carbocycles. The second-order valence-electron chi connectivity index (χ2n) is 3.95. The van der Waals surface area contributed by atoms with Crippen LogP contribution in [0.1, 0.15) is 11.5 Å². The molecule has 4 nitrogen and oxygen atoms in total. The van der Waals surface area contributed by atoms with E-state index in [0.717, 1.165) is 5.56 Å². The Morgan fingerprint density at radius 2 is 1.89 bits per heavy atom. The molecule has 0 saturated carbocycles. The molecule has 0 aliphatic heterocycles. The fourth-order valence-electron chi connectivity index (χ4n) is 1.52. The number of hydrogen-bond donors (Lipinski definition) is 0. The van der Waals surface area contributed by atoms with Crippen molar-refractivity contribution in [2.75, 3.05) is 6.26 Å². The van der Waals surface area contributed by atoms with Crippen LogP contribution in [0.3, 0.4) is 0 Å². The monoisotopic (exact) mass is 285 g/mol. The first-order valence-electron chi connectivity index (χ1n) is 5.24. The molecule has 2 rings (SSSR count). The molecule has 0 fully saturated rings. The quantitative estimate of drug-likeness (QED) is 0.814. The van der Waals surface area contributed by atoms with Gasteiger partial charge in [-0.2, -0.15) is 0 Å². The molecule has 1 aromatic heterocycles. The fourth-order valence-corrected chi connectivity index (χ4v) is 2.40. The van der Waals surface area contributed by atoms with Gasteiger partial charge < -0.3 is 4.42 Å². The molecule has 0 bridgehead atoms. The Kier molecular flexibility index (Phi) is 3.45. The van der Waals surface area contributed by atoms with E-state index in [2.05, 4.69) is 4.98 Å². The van der Waals surface area contributed by atoms with E-state index in [1.165, 1.54) is 18.4 Å². The van der Waals surface area contributed by atoms with Crippen molar-refractivity contribution in [3.05, 3.63) is 35.7 Å². The Morgan fingerprint density at radius 3 is 2.33 bits per heavy atom. The molecule has 0 unspecified atom stereocenters. The molecule has 0 saturated heterocycles. The van der Waals surface area contributed by atoms with Crippen LogP contribution in [-0.2, 0) is 15.7 Å². The first-order chi connectivity index (χ1) is 8.41. The Hall–Kier alpha value is -1.33. The summed E-state index contributed by atoms with van der Waals surface area (Å²) in [6.45, 7) is 1.79. The number of sulfone groups is 1. The van der Waals surface area contributed by atoms with Crippen LogP contribution in [0.15, 0.2) is 33.6 Å². The summed E-state index contributed by atoms with van der Waals surface area (Å²) in [5.41, 5.74) is 1.42. The van der Waals surface area contributed by atoms with Gasteiger partial charge in [0.2, 0.25) is 5.89 Å². The van der Waals surface area contributed by atoms with E-state index in [-0.39, 0.29) is 10.8 Å². The number of aromatic nitrogens is 1. The van der Waals surface area contributed by atoms with Crippen molar-refractivity contribution in [2.45, 2.75) is 17.7 Å². The summed E-state index contributed by atoms with van der Waals surface area (Å²) in [4.78, 5) is 4.51. The number of hydrogen-bond acceptors (Lipinski definition) is 4. The van der Waals surface area contributed by atoms with Crippen molar-refractivity contribution in [3.63, 3.8) is 0 Å². The smallest absolute Gasteiger partial charge is 0.226 e. The molecule has 1 heterocycles. The Labute approximate surface area is 111 Å². The summed E-state index contributed by atoms with van der Waals surface area (Å²) in [7, 11) is -3.18. The van der Waals surface area contributed by atoms with Crippen LogP contribution in [0.5, 0.6) is 0 Å². The predicted molar refractivity (Wildman–Crippen MR) is 69.3 cm³/mol. The average molecular weight is 286 g/mol. The predicted octanol–water partition coefficient (Wildman–Crippen LogP) is 2.79. The van der Waals surface area contributed by atoms with Crippen molar-refractivity contribution >= 4 is 21.4 Å². The number of aryl methyl sites for hydroxylation is 1. The van der Waals surface area contributed by atoms with E-state index < -0.39 is 9.84 Å². The fraction of sp³-hybridized carbons (Fsp3) is 0.250. The molecule has 0 aliphatic rings. The van der Waals surface area contributed by atoms with Crippen LogP contribution in [-0.4, -0.2) is 19.7 Å². The number of halogens is 1. The lowest BCUT2D eigenvalue weighted by Gasteiger charge is -1.99. The van der Waals surface area contributed by atoms with E-state index in [1.807, 2.05) is 0 Å². The van der Waals surface area contributed by atoms with Crippen molar-refractivity contribution in [1.29, 1.82) is 0 Å². The van der Waals surface area contributed by atoms with Crippen LogP contribution in [0.2, 0.25) is 0 Å². The summed E-state index contributed by atoms with van der Waals surface area (Å²) in [5, 5.41) is 0. The molecule has 6 heteroatoms. The second kappa shape index (κ2) is 4.74. The summed E-state index contributed by atoms with van der Waals surface area (Å²) in [6.07, 6.45) is 1.17. The molecule has 18 heavy (non-hydrogen) atoms. The molecule has 0 radical (unpaired) electrons. The molecule has 2 aromatic rings. The van der Waals surface area contributed by atoms with E-state index >= 15 is 0 Å². The first-order valence-corrected chi connectivity index (χ1v) is 7.67. The Morgan fingerprint density at radius 1 is 1.28 bits per heavy atom. The highest BCUT2D eigenvalue weighted by molar-refractivity contribution is 7.90. The molecular formula is C12H12ClNO3S. The minimum atomic E-state index is -3.18. The highest BCUT2D eigenvalue weighted by Crippen LogP contribution is 2.23. The second-order valence-corrected chi connectivity index (χ2v) is 6.24. The van der Waals surface area contributed by atoms with Gasteiger partial charge in [-0.3, -0.25) is 0 Å². The third-order valence-electron chi connectivity index (χ3n) is 2.55. The first kappa shape index (κ1) is 13.1. The molecule has 0 spiro atoms. The SMILES string of the molecule is Cc1oc(-c2ccc(S(C)(=O)=O)cc2)nc1CCl. The molecular weight excluding hydrogens is 274 g/mol. The van der Waals surface area contributed by atoms with Gasteiger partial charge in [0.05, 0.1) is 16.5 Å². The lowest BCUT2D eigenvalue weighted by atomic mass is 10.2. The highest BCUT2D eigenvalue weighted by Gasteiger charge is 2.12. The summed E-state index contributed by atoms with van der Waals surface area (Å²) in [5.74, 6) is 1.41. The zero-order valence-electron chi connectivity index (χ0n) is 9.97. The van der Waals surface area contributed by atoms with Crippen molar-refractivity contribution < 1.29 is 12.8 Å². The van der Waals surface area contributed by atoms with Crippen molar-refractivity contribution in [1.82, 2.24) is 4.98 Å². The van der Waals surface area contributed by atoms with E-state index in [0.29, 0.717) is 17.3 Å². The van der Waals surface area contributed by atoms with E-state index in [1.54, 1.807) is 19.1 Å². The van der Waals surface area contributed by atoms with Gasteiger partial charge in [0, 0.05) is 11.8 Å². The van der Waals surface area contributed by atoms with Gasteiger partial charge in [-0.15, -0.1) is 11.6 Å². The van der Waals surface area contributed by atoms with Gasteiger partial charge >= 0.3 is 0 Å². The maximum atomic E-state index is 11.3. The maximum absolute atomic E-state index is 11.3. The zero-order chi connectivity index (χ0) is 13.3. The van der Waals surface area contributed by atoms with Crippen LogP contribution < -0.4 is 0 Å².